The Hall–Kier alpha value is -3.09. The molecule has 0 aliphatic rings. The number of aryl methyl sites for hydroxylation is 2. The Kier molecular flexibility index (Phi) is 9.47. The average Bonchev–Trinajstić information content (AvgIpc) is 3.06. The molecule has 0 bridgehead atoms. The van der Waals surface area contributed by atoms with Crippen LogP contribution in [0.15, 0.2) is 24.3 Å². The van der Waals surface area contributed by atoms with Crippen molar-refractivity contribution in [3.63, 3.8) is 0 Å². The molecule has 0 spiro atoms. The summed E-state index contributed by atoms with van der Waals surface area (Å²) in [5.74, 6) is 0.868. The molecule has 7 heteroatoms. The second kappa shape index (κ2) is 11.9. The van der Waals surface area contributed by atoms with Gasteiger partial charge in [0.25, 0.3) is 0 Å². The highest BCUT2D eigenvalue weighted by molar-refractivity contribution is 6.17. The molecule has 1 heterocycles. The van der Waals surface area contributed by atoms with E-state index in [1.807, 2.05) is 37.6 Å². The summed E-state index contributed by atoms with van der Waals surface area (Å²) in [6.07, 6.45) is 1.25. The van der Waals surface area contributed by atoms with Crippen molar-refractivity contribution < 1.29 is 19.0 Å². The lowest BCUT2D eigenvalue weighted by Gasteiger charge is -2.20. The van der Waals surface area contributed by atoms with Gasteiger partial charge in [-0.15, -0.1) is 0 Å². The van der Waals surface area contributed by atoms with E-state index in [1.54, 1.807) is 0 Å². The number of carbonyl (C=O) groups is 1. The fourth-order valence-corrected chi connectivity index (χ4v) is 3.45. The predicted molar refractivity (Wildman–Crippen MR) is 136 cm³/mol. The Bertz CT molecular complexity index is 1010. The fraction of sp³-hybridized carbons (Fsp3) is 0.519. The van der Waals surface area contributed by atoms with E-state index < -0.39 is 6.16 Å². The minimum atomic E-state index is -0.775. The van der Waals surface area contributed by atoms with Crippen LogP contribution in [0.3, 0.4) is 0 Å². The van der Waals surface area contributed by atoms with Crippen molar-refractivity contribution in [1.82, 2.24) is 9.78 Å². The van der Waals surface area contributed by atoms with Crippen molar-refractivity contribution in [3.8, 4) is 0 Å². The second-order valence-corrected chi connectivity index (χ2v) is 9.78. The average molecular weight is 470 g/mol. The maximum absolute atomic E-state index is 12.0. The molecule has 0 fully saturated rings. The van der Waals surface area contributed by atoms with Crippen molar-refractivity contribution in [3.05, 3.63) is 52.3 Å². The first-order chi connectivity index (χ1) is 16.0. The van der Waals surface area contributed by atoms with Crippen molar-refractivity contribution in [2.75, 3.05) is 13.4 Å². The predicted octanol–water partition coefficient (Wildman–Crippen LogP) is 6.51. The fourth-order valence-electron chi connectivity index (χ4n) is 3.45. The van der Waals surface area contributed by atoms with Crippen LogP contribution in [0.5, 0.6) is 0 Å². The molecule has 0 saturated carbocycles. The molecule has 1 N–H and O–H groups in total. The van der Waals surface area contributed by atoms with Gasteiger partial charge in [0.2, 0.25) is 6.79 Å². The highest BCUT2D eigenvalue weighted by Gasteiger charge is 2.22. The molecule has 1 aromatic heterocycles. The van der Waals surface area contributed by atoms with Gasteiger partial charge in [-0.1, -0.05) is 58.9 Å². The van der Waals surface area contributed by atoms with E-state index in [4.69, 9.17) is 19.6 Å². The quantitative estimate of drug-likeness (QED) is 0.185. The highest BCUT2D eigenvalue weighted by atomic mass is 16.8. The summed E-state index contributed by atoms with van der Waals surface area (Å²) in [5, 5.41) is 12.8. The Morgan fingerprint density at radius 1 is 1.12 bits per heavy atom. The number of benzene rings is 1. The Morgan fingerprint density at radius 2 is 1.76 bits per heavy atom. The summed E-state index contributed by atoms with van der Waals surface area (Å²) in [5.41, 5.74) is 5.20. The standard InChI is InChI=1S/C27H39N3O4/c1-9-30-24(19(4)20(5)29-30)25(33-17-34-26(31)32-15-14-18(2)3)23(16-28)21-10-12-22(13-11-21)27(6,7)8/h10-13,16,18,28H,9,14-15,17H2,1-8H3/b25-23-,28-16?. The van der Waals surface area contributed by atoms with Gasteiger partial charge in [0.05, 0.1) is 12.3 Å². The van der Waals surface area contributed by atoms with Gasteiger partial charge in [-0.25, -0.2) is 4.79 Å². The third-order valence-electron chi connectivity index (χ3n) is 5.69. The van der Waals surface area contributed by atoms with Crippen molar-refractivity contribution >= 4 is 23.7 Å². The van der Waals surface area contributed by atoms with Gasteiger partial charge in [-0.3, -0.25) is 4.68 Å². The second-order valence-electron chi connectivity index (χ2n) is 9.78. The van der Waals surface area contributed by atoms with Crippen LogP contribution in [-0.2, 0) is 26.2 Å². The molecule has 0 radical (unpaired) electrons. The van der Waals surface area contributed by atoms with Gasteiger partial charge in [0, 0.05) is 23.9 Å². The lowest BCUT2D eigenvalue weighted by atomic mass is 9.86. The zero-order valence-corrected chi connectivity index (χ0v) is 21.8. The number of hydrogen-bond acceptors (Lipinski definition) is 6. The lowest BCUT2D eigenvalue weighted by molar-refractivity contribution is -0.00693. The Labute approximate surface area is 203 Å². The minimum absolute atomic E-state index is 0.0186. The molecule has 7 nitrogen and oxygen atoms in total. The van der Waals surface area contributed by atoms with E-state index in [0.717, 1.165) is 28.9 Å². The normalized spacial score (nSPS) is 12.4. The maximum atomic E-state index is 12.0. The monoisotopic (exact) mass is 469 g/mol. The zero-order valence-electron chi connectivity index (χ0n) is 21.8. The molecule has 1 aromatic carbocycles. The molecule has 34 heavy (non-hydrogen) atoms. The smallest absolute Gasteiger partial charge is 0.454 e. The third-order valence-corrected chi connectivity index (χ3v) is 5.69. The van der Waals surface area contributed by atoms with Crippen LogP contribution < -0.4 is 0 Å². The van der Waals surface area contributed by atoms with Crippen LogP contribution in [-0.4, -0.2) is 35.6 Å². The van der Waals surface area contributed by atoms with Gasteiger partial charge in [0.1, 0.15) is 5.69 Å². The molecule has 0 saturated heterocycles. The van der Waals surface area contributed by atoms with Crippen molar-refractivity contribution in [1.29, 1.82) is 5.41 Å². The topological polar surface area (TPSA) is 86.4 Å². The number of hydrogen-bond donors (Lipinski definition) is 1. The van der Waals surface area contributed by atoms with Crippen molar-refractivity contribution in [2.24, 2.45) is 5.92 Å². The molecule has 2 aromatic rings. The van der Waals surface area contributed by atoms with E-state index in [1.165, 1.54) is 11.8 Å². The lowest BCUT2D eigenvalue weighted by Crippen LogP contribution is -2.14. The number of ether oxygens (including phenoxy) is 3. The third kappa shape index (κ3) is 6.95. The molecule has 0 aliphatic heterocycles. The molecule has 0 unspecified atom stereocenters. The molecule has 2 rings (SSSR count). The van der Waals surface area contributed by atoms with E-state index >= 15 is 0 Å². The summed E-state index contributed by atoms with van der Waals surface area (Å²) in [6.45, 7) is 17.1. The summed E-state index contributed by atoms with van der Waals surface area (Å²) in [6, 6.07) is 8.10. The highest BCUT2D eigenvalue weighted by Crippen LogP contribution is 2.31. The van der Waals surface area contributed by atoms with E-state index in [0.29, 0.717) is 30.4 Å². The first kappa shape index (κ1) is 27.2. The van der Waals surface area contributed by atoms with Gasteiger partial charge in [-0.2, -0.15) is 5.10 Å². The van der Waals surface area contributed by atoms with E-state index in [9.17, 15) is 4.79 Å². The van der Waals surface area contributed by atoms with Crippen LogP contribution in [0.25, 0.3) is 11.3 Å². The number of nitrogens with one attached hydrogen (secondary N) is 1. The van der Waals surface area contributed by atoms with Crippen molar-refractivity contribution in [2.45, 2.75) is 73.8 Å². The molecular weight excluding hydrogens is 430 g/mol. The summed E-state index contributed by atoms with van der Waals surface area (Å²) in [4.78, 5) is 12.0. The van der Waals surface area contributed by atoms with E-state index in [-0.39, 0.29) is 12.2 Å². The first-order valence-corrected chi connectivity index (χ1v) is 11.8. The summed E-state index contributed by atoms with van der Waals surface area (Å²) >= 11 is 0. The number of nitrogens with zero attached hydrogens (tertiary/aromatic N) is 2. The molecule has 0 atom stereocenters. The zero-order chi connectivity index (χ0) is 25.5. The number of aromatic nitrogens is 2. The van der Waals surface area contributed by atoms with Gasteiger partial charge >= 0.3 is 6.16 Å². The van der Waals surface area contributed by atoms with Crippen LogP contribution in [0.1, 0.15) is 76.0 Å². The van der Waals surface area contributed by atoms with Gasteiger partial charge in [-0.05, 0) is 49.7 Å². The molecule has 0 aliphatic carbocycles. The Balaban J connectivity index is 2.41. The SMILES string of the molecule is CCn1nc(C)c(C)c1/C(OCOC(=O)OCCC(C)C)=C(\C=N)c1ccc(C(C)(C)C)cc1. The van der Waals surface area contributed by atoms with Crippen LogP contribution >= 0.6 is 0 Å². The first-order valence-electron chi connectivity index (χ1n) is 11.8. The largest absolute Gasteiger partial charge is 0.511 e. The number of carbonyl (C=O) groups excluding carboxylic acids is 1. The summed E-state index contributed by atoms with van der Waals surface area (Å²) < 4.78 is 18.1. The van der Waals surface area contributed by atoms with Crippen LogP contribution in [0.2, 0.25) is 0 Å². The number of rotatable bonds is 10. The number of allylic oxidation sites excluding steroid dienone is 1. The Morgan fingerprint density at radius 3 is 2.29 bits per heavy atom. The minimum Gasteiger partial charge on any atom is -0.454 e. The molecule has 0 amide bonds. The van der Waals surface area contributed by atoms with E-state index in [2.05, 4.69) is 51.9 Å². The van der Waals surface area contributed by atoms with Gasteiger partial charge < -0.3 is 19.6 Å². The van der Waals surface area contributed by atoms with Crippen LogP contribution in [0.4, 0.5) is 4.79 Å². The summed E-state index contributed by atoms with van der Waals surface area (Å²) in [7, 11) is 0. The van der Waals surface area contributed by atoms with Crippen LogP contribution in [0, 0.1) is 25.2 Å². The maximum Gasteiger partial charge on any atom is 0.511 e. The van der Waals surface area contributed by atoms with Gasteiger partial charge in [0.15, 0.2) is 5.76 Å². The molecule has 186 valence electrons. The molecular formula is C27H39N3O4.